The number of esters is 1. The molecular formula is C19H22N2O6. The summed E-state index contributed by atoms with van der Waals surface area (Å²) in [4.78, 5) is 12.5. The van der Waals surface area contributed by atoms with Crippen LogP contribution in [-0.4, -0.2) is 34.4 Å². The number of nitriles is 1. The molecule has 0 saturated heterocycles. The minimum absolute atomic E-state index is 0.0659. The molecule has 0 amide bonds. The van der Waals surface area contributed by atoms with Crippen LogP contribution in [0.1, 0.15) is 24.8 Å². The van der Waals surface area contributed by atoms with Crippen molar-refractivity contribution >= 4 is 5.97 Å². The Bertz CT molecular complexity index is 850. The van der Waals surface area contributed by atoms with Crippen molar-refractivity contribution in [3.8, 4) is 23.3 Å². The van der Waals surface area contributed by atoms with Gasteiger partial charge < -0.3 is 29.4 Å². The summed E-state index contributed by atoms with van der Waals surface area (Å²) in [7, 11) is 5.69. The number of ether oxygens (including phenoxy) is 5. The number of methoxy groups -OCH3 is 4. The molecule has 1 aliphatic rings. The van der Waals surface area contributed by atoms with Crippen LogP contribution < -0.4 is 19.9 Å². The Morgan fingerprint density at radius 1 is 1.19 bits per heavy atom. The Hall–Kier alpha value is -3.34. The fourth-order valence-corrected chi connectivity index (χ4v) is 3.08. The second kappa shape index (κ2) is 8.36. The van der Waals surface area contributed by atoms with E-state index in [4.69, 9.17) is 29.4 Å². The molecule has 2 rings (SSSR count). The second-order valence-electron chi connectivity index (χ2n) is 5.53. The minimum Gasteiger partial charge on any atom is -0.493 e. The molecule has 0 aliphatic carbocycles. The first-order chi connectivity index (χ1) is 13.0. The monoisotopic (exact) mass is 374 g/mol. The number of benzene rings is 1. The molecule has 0 bridgehead atoms. The van der Waals surface area contributed by atoms with Crippen LogP contribution in [0.4, 0.5) is 0 Å². The maximum Gasteiger partial charge on any atom is 0.338 e. The maximum atomic E-state index is 12.5. The molecule has 0 unspecified atom stereocenters. The lowest BCUT2D eigenvalue weighted by Gasteiger charge is -2.29. The van der Waals surface area contributed by atoms with Crippen molar-refractivity contribution in [3.05, 3.63) is 40.5 Å². The largest absolute Gasteiger partial charge is 0.493 e. The Balaban J connectivity index is 2.85. The van der Waals surface area contributed by atoms with Crippen molar-refractivity contribution < 1.29 is 28.5 Å². The molecule has 0 radical (unpaired) electrons. The van der Waals surface area contributed by atoms with Gasteiger partial charge in [-0.05, 0) is 6.07 Å². The van der Waals surface area contributed by atoms with Crippen LogP contribution in [0.3, 0.4) is 0 Å². The van der Waals surface area contributed by atoms with Gasteiger partial charge in [-0.25, -0.2) is 4.79 Å². The molecule has 1 heterocycles. The van der Waals surface area contributed by atoms with Gasteiger partial charge in [0.15, 0.2) is 11.5 Å². The smallest absolute Gasteiger partial charge is 0.338 e. The van der Waals surface area contributed by atoms with Crippen LogP contribution in [-0.2, 0) is 14.3 Å². The van der Waals surface area contributed by atoms with E-state index in [-0.39, 0.29) is 17.0 Å². The fourth-order valence-electron chi connectivity index (χ4n) is 3.08. The zero-order chi connectivity index (χ0) is 20.1. The predicted molar refractivity (Wildman–Crippen MR) is 96.1 cm³/mol. The van der Waals surface area contributed by atoms with Gasteiger partial charge in [0.2, 0.25) is 11.6 Å². The molecule has 27 heavy (non-hydrogen) atoms. The summed E-state index contributed by atoms with van der Waals surface area (Å²) in [5.41, 5.74) is 6.73. The molecule has 8 nitrogen and oxygen atoms in total. The molecule has 8 heteroatoms. The molecule has 0 saturated carbocycles. The second-order valence-corrected chi connectivity index (χ2v) is 5.53. The molecule has 0 aromatic heterocycles. The lowest BCUT2D eigenvalue weighted by atomic mass is 9.82. The molecule has 144 valence electrons. The first kappa shape index (κ1) is 20.0. The van der Waals surface area contributed by atoms with Gasteiger partial charge in [0, 0.05) is 12.0 Å². The fraction of sp³-hybridized carbons (Fsp3) is 0.368. The summed E-state index contributed by atoms with van der Waals surface area (Å²) in [6.45, 7) is 1.81. The number of nitrogens with two attached hydrogens (primary N) is 1. The third kappa shape index (κ3) is 3.36. The third-order valence-corrected chi connectivity index (χ3v) is 4.27. The van der Waals surface area contributed by atoms with Gasteiger partial charge in [-0.3, -0.25) is 0 Å². The van der Waals surface area contributed by atoms with E-state index in [1.54, 1.807) is 12.1 Å². The van der Waals surface area contributed by atoms with E-state index in [2.05, 4.69) is 0 Å². The van der Waals surface area contributed by atoms with Crippen molar-refractivity contribution in [1.82, 2.24) is 0 Å². The highest BCUT2D eigenvalue weighted by Gasteiger charge is 2.39. The van der Waals surface area contributed by atoms with Crippen LogP contribution in [0.15, 0.2) is 34.9 Å². The third-order valence-electron chi connectivity index (χ3n) is 4.27. The quantitative estimate of drug-likeness (QED) is 0.755. The summed E-state index contributed by atoms with van der Waals surface area (Å²) in [6, 6.07) is 5.39. The van der Waals surface area contributed by atoms with E-state index in [0.29, 0.717) is 35.0 Å². The van der Waals surface area contributed by atoms with Crippen molar-refractivity contribution in [2.24, 2.45) is 5.73 Å². The molecule has 1 aliphatic heterocycles. The highest BCUT2D eigenvalue weighted by Crippen LogP contribution is 2.49. The standard InChI is InChI=1S/C19H22N2O6/c1-6-12-15(19(22)26-5)14(11(9-20)18(21)27-12)10-7-8-13(23-2)17(25-4)16(10)24-3/h7-8,14H,6,21H2,1-5H3/t14-/m0/s1. The topological polar surface area (TPSA) is 113 Å². The van der Waals surface area contributed by atoms with E-state index >= 15 is 0 Å². The van der Waals surface area contributed by atoms with Gasteiger partial charge in [-0.15, -0.1) is 0 Å². The van der Waals surface area contributed by atoms with Gasteiger partial charge >= 0.3 is 5.97 Å². The normalized spacial score (nSPS) is 16.4. The van der Waals surface area contributed by atoms with Crippen molar-refractivity contribution in [1.29, 1.82) is 5.26 Å². The zero-order valence-corrected chi connectivity index (χ0v) is 15.9. The summed E-state index contributed by atoms with van der Waals surface area (Å²) >= 11 is 0. The SMILES string of the molecule is CCC1=C(C(=O)OC)[C@@H](c2ccc(OC)c(OC)c2OC)C(C#N)=C(N)O1. The van der Waals surface area contributed by atoms with Gasteiger partial charge in [0.1, 0.15) is 17.4 Å². The van der Waals surface area contributed by atoms with Gasteiger partial charge in [0.05, 0.1) is 39.9 Å². The van der Waals surface area contributed by atoms with Gasteiger partial charge in [-0.1, -0.05) is 13.0 Å². The van der Waals surface area contributed by atoms with E-state index in [0.717, 1.165) is 0 Å². The Labute approximate surface area is 157 Å². The molecule has 0 fully saturated rings. The van der Waals surface area contributed by atoms with Crippen LogP contribution in [0.2, 0.25) is 0 Å². The first-order valence-corrected chi connectivity index (χ1v) is 8.16. The number of carbonyl (C=O) groups is 1. The van der Waals surface area contributed by atoms with Crippen LogP contribution in [0.5, 0.6) is 17.2 Å². The number of hydrogen-bond acceptors (Lipinski definition) is 8. The maximum absolute atomic E-state index is 12.5. The van der Waals surface area contributed by atoms with Crippen molar-refractivity contribution in [2.75, 3.05) is 28.4 Å². The van der Waals surface area contributed by atoms with E-state index in [1.165, 1.54) is 28.4 Å². The number of rotatable bonds is 6. The van der Waals surface area contributed by atoms with E-state index in [1.807, 2.05) is 13.0 Å². The van der Waals surface area contributed by atoms with Gasteiger partial charge in [-0.2, -0.15) is 5.26 Å². The Morgan fingerprint density at radius 3 is 2.33 bits per heavy atom. The molecule has 2 N–H and O–H groups in total. The molecular weight excluding hydrogens is 352 g/mol. The number of nitrogens with zero attached hydrogens (tertiary/aromatic N) is 1. The number of hydrogen-bond donors (Lipinski definition) is 1. The minimum atomic E-state index is -0.832. The van der Waals surface area contributed by atoms with Crippen LogP contribution >= 0.6 is 0 Å². The summed E-state index contributed by atoms with van der Waals surface area (Å²) < 4.78 is 26.7. The van der Waals surface area contributed by atoms with Crippen molar-refractivity contribution in [3.63, 3.8) is 0 Å². The molecule has 0 spiro atoms. The molecule has 1 aromatic carbocycles. The number of allylic oxidation sites excluding steroid dienone is 2. The average molecular weight is 374 g/mol. The lowest BCUT2D eigenvalue weighted by molar-refractivity contribution is -0.136. The Morgan fingerprint density at radius 2 is 1.85 bits per heavy atom. The van der Waals surface area contributed by atoms with Crippen LogP contribution in [0.25, 0.3) is 0 Å². The highest BCUT2D eigenvalue weighted by atomic mass is 16.5. The summed E-state index contributed by atoms with van der Waals surface area (Å²) in [5, 5.41) is 9.68. The van der Waals surface area contributed by atoms with Crippen LogP contribution in [0, 0.1) is 11.3 Å². The molecule has 1 atom stereocenters. The summed E-state index contributed by atoms with van der Waals surface area (Å²) in [5.74, 6) is -0.0814. The van der Waals surface area contributed by atoms with Crippen molar-refractivity contribution in [2.45, 2.75) is 19.3 Å². The van der Waals surface area contributed by atoms with E-state index in [9.17, 15) is 10.1 Å². The first-order valence-electron chi connectivity index (χ1n) is 8.16. The number of carbonyl (C=O) groups excluding carboxylic acids is 1. The average Bonchev–Trinajstić information content (AvgIpc) is 2.70. The summed E-state index contributed by atoms with van der Waals surface area (Å²) in [6.07, 6.45) is 0.385. The predicted octanol–water partition coefficient (Wildman–Crippen LogP) is 2.36. The lowest BCUT2D eigenvalue weighted by Crippen LogP contribution is -2.26. The van der Waals surface area contributed by atoms with E-state index < -0.39 is 11.9 Å². The Kier molecular flexibility index (Phi) is 6.19. The van der Waals surface area contributed by atoms with Gasteiger partial charge in [0.25, 0.3) is 0 Å². The highest BCUT2D eigenvalue weighted by molar-refractivity contribution is 5.93. The zero-order valence-electron chi connectivity index (χ0n) is 15.9. The molecule has 1 aromatic rings.